The first-order chi connectivity index (χ1) is 16.1. The number of nitrogens with one attached hydrogen (secondary N) is 1. The van der Waals surface area contributed by atoms with Gasteiger partial charge in [-0.1, -0.05) is 12.1 Å². The fourth-order valence-electron chi connectivity index (χ4n) is 3.13. The monoisotopic (exact) mass is 474 g/mol. The topological polar surface area (TPSA) is 112 Å². The molecule has 0 spiro atoms. The molecule has 4 rings (SSSR count). The lowest BCUT2D eigenvalue weighted by atomic mass is 10.1. The van der Waals surface area contributed by atoms with Crippen LogP contribution in [-0.4, -0.2) is 32.8 Å². The Bertz CT molecular complexity index is 1350. The van der Waals surface area contributed by atoms with Gasteiger partial charge in [-0.25, -0.2) is 4.98 Å². The highest BCUT2D eigenvalue weighted by molar-refractivity contribution is 6.06. The molecule has 0 aliphatic carbocycles. The zero-order chi connectivity index (χ0) is 24.5. The molecule has 0 saturated carbocycles. The number of halogens is 3. The van der Waals surface area contributed by atoms with Crippen molar-refractivity contribution in [1.82, 2.24) is 14.8 Å². The second kappa shape index (κ2) is 8.89. The number of oxazole rings is 1. The van der Waals surface area contributed by atoms with Crippen LogP contribution in [0.1, 0.15) is 39.6 Å². The molecule has 0 atom stereocenters. The van der Waals surface area contributed by atoms with Crippen LogP contribution in [0.5, 0.6) is 5.75 Å². The SMILES string of the molecule is CC(=O)c1ccc(Cn2cc(NC(=O)c3nc(C)oc3-c3cccc(OC(F)(F)F)c3)cn2)o1. The maximum Gasteiger partial charge on any atom is 0.573 e. The van der Waals surface area contributed by atoms with Crippen molar-refractivity contribution in [2.45, 2.75) is 26.8 Å². The van der Waals surface area contributed by atoms with Crippen LogP contribution in [0.4, 0.5) is 18.9 Å². The fourth-order valence-corrected chi connectivity index (χ4v) is 3.13. The van der Waals surface area contributed by atoms with Crippen molar-refractivity contribution in [1.29, 1.82) is 0 Å². The van der Waals surface area contributed by atoms with Crippen LogP contribution in [0.3, 0.4) is 0 Å². The number of alkyl halides is 3. The molecule has 176 valence electrons. The number of furan rings is 1. The number of nitrogens with zero attached hydrogens (tertiary/aromatic N) is 3. The number of hydrogen-bond donors (Lipinski definition) is 1. The van der Waals surface area contributed by atoms with Crippen LogP contribution in [0.25, 0.3) is 11.3 Å². The lowest BCUT2D eigenvalue weighted by Crippen LogP contribution is -2.17. The average molecular weight is 474 g/mol. The Kier molecular flexibility index (Phi) is 5.97. The van der Waals surface area contributed by atoms with Gasteiger partial charge in [0.05, 0.1) is 18.4 Å². The molecule has 1 N–H and O–H groups in total. The number of benzene rings is 1. The minimum Gasteiger partial charge on any atom is -0.456 e. The van der Waals surface area contributed by atoms with E-state index in [0.717, 1.165) is 12.1 Å². The first kappa shape index (κ1) is 22.8. The van der Waals surface area contributed by atoms with Crippen LogP contribution in [0, 0.1) is 6.92 Å². The third kappa shape index (κ3) is 5.34. The highest BCUT2D eigenvalue weighted by atomic mass is 19.4. The van der Waals surface area contributed by atoms with Crippen molar-refractivity contribution in [3.8, 4) is 17.1 Å². The quantitative estimate of drug-likeness (QED) is 0.381. The summed E-state index contributed by atoms with van der Waals surface area (Å²) in [7, 11) is 0. The Balaban J connectivity index is 1.51. The zero-order valence-corrected chi connectivity index (χ0v) is 17.8. The molecule has 9 nitrogen and oxygen atoms in total. The molecular formula is C22H17F3N4O5. The predicted molar refractivity (Wildman–Crippen MR) is 111 cm³/mol. The molecule has 1 aromatic carbocycles. The number of Topliss-reactive ketones (excluding diaryl/α,β-unsaturated/α-hetero) is 1. The highest BCUT2D eigenvalue weighted by Gasteiger charge is 2.31. The number of ether oxygens (including phenoxy) is 1. The molecule has 3 heterocycles. The van der Waals surface area contributed by atoms with Gasteiger partial charge in [-0.3, -0.25) is 14.3 Å². The van der Waals surface area contributed by atoms with Gasteiger partial charge in [0, 0.05) is 25.6 Å². The zero-order valence-electron chi connectivity index (χ0n) is 17.8. The van der Waals surface area contributed by atoms with Gasteiger partial charge >= 0.3 is 6.36 Å². The van der Waals surface area contributed by atoms with Gasteiger partial charge in [0.1, 0.15) is 11.5 Å². The number of carbonyl (C=O) groups excluding carboxylic acids is 2. The molecule has 1 amide bonds. The Morgan fingerprint density at radius 2 is 1.97 bits per heavy atom. The van der Waals surface area contributed by atoms with Crippen molar-refractivity contribution < 1.29 is 36.3 Å². The number of ketones is 1. The summed E-state index contributed by atoms with van der Waals surface area (Å²) >= 11 is 0. The number of anilines is 1. The number of aryl methyl sites for hydroxylation is 1. The second-order valence-electron chi connectivity index (χ2n) is 7.19. The van der Waals surface area contributed by atoms with Crippen LogP contribution in [-0.2, 0) is 6.54 Å². The number of rotatable bonds is 7. The minimum atomic E-state index is -4.86. The second-order valence-corrected chi connectivity index (χ2v) is 7.19. The summed E-state index contributed by atoms with van der Waals surface area (Å²) in [5.74, 6) is -0.438. The summed E-state index contributed by atoms with van der Waals surface area (Å²) in [6, 6.07) is 8.25. The van der Waals surface area contributed by atoms with Gasteiger partial charge in [0.15, 0.2) is 28.9 Å². The number of aromatic nitrogens is 3. The van der Waals surface area contributed by atoms with E-state index < -0.39 is 18.0 Å². The lowest BCUT2D eigenvalue weighted by molar-refractivity contribution is -0.274. The van der Waals surface area contributed by atoms with Crippen molar-refractivity contribution in [2.75, 3.05) is 5.32 Å². The molecule has 0 fully saturated rings. The lowest BCUT2D eigenvalue weighted by Gasteiger charge is -2.09. The van der Waals surface area contributed by atoms with E-state index in [1.54, 1.807) is 12.1 Å². The van der Waals surface area contributed by atoms with E-state index in [9.17, 15) is 22.8 Å². The summed E-state index contributed by atoms with van der Waals surface area (Å²) in [4.78, 5) is 28.3. The Labute approximate surface area is 190 Å². The predicted octanol–water partition coefficient (Wildman–Crippen LogP) is 4.84. The number of amides is 1. The average Bonchev–Trinajstić information content (AvgIpc) is 3.47. The minimum absolute atomic E-state index is 0.0117. The van der Waals surface area contributed by atoms with E-state index in [-0.39, 0.29) is 41.0 Å². The van der Waals surface area contributed by atoms with Crippen LogP contribution >= 0.6 is 0 Å². The van der Waals surface area contributed by atoms with Crippen LogP contribution in [0.15, 0.2) is 57.6 Å². The maximum atomic E-state index is 12.8. The summed E-state index contributed by atoms with van der Waals surface area (Å²) in [5.41, 5.74) is 0.401. The normalized spacial score (nSPS) is 11.4. The van der Waals surface area contributed by atoms with Gasteiger partial charge in [-0.05, 0) is 24.3 Å². The first-order valence-electron chi connectivity index (χ1n) is 9.84. The van der Waals surface area contributed by atoms with E-state index in [1.165, 1.54) is 43.1 Å². The third-order valence-corrected chi connectivity index (χ3v) is 4.50. The Morgan fingerprint density at radius 1 is 1.18 bits per heavy atom. The van der Waals surface area contributed by atoms with E-state index in [2.05, 4.69) is 20.1 Å². The molecule has 4 aromatic rings. The van der Waals surface area contributed by atoms with Gasteiger partial charge in [0.2, 0.25) is 0 Å². The van der Waals surface area contributed by atoms with E-state index >= 15 is 0 Å². The van der Waals surface area contributed by atoms with Crippen molar-refractivity contribution >= 4 is 17.4 Å². The molecule has 0 unspecified atom stereocenters. The summed E-state index contributed by atoms with van der Waals surface area (Å²) < 4.78 is 54.0. The summed E-state index contributed by atoms with van der Waals surface area (Å²) in [5, 5.41) is 6.76. The smallest absolute Gasteiger partial charge is 0.456 e. The molecule has 0 aliphatic rings. The van der Waals surface area contributed by atoms with Crippen molar-refractivity contribution in [3.63, 3.8) is 0 Å². The van der Waals surface area contributed by atoms with Crippen LogP contribution < -0.4 is 10.1 Å². The van der Waals surface area contributed by atoms with Crippen molar-refractivity contribution in [2.24, 2.45) is 0 Å². The molecule has 0 radical (unpaired) electrons. The third-order valence-electron chi connectivity index (χ3n) is 4.50. The van der Waals surface area contributed by atoms with E-state index in [4.69, 9.17) is 8.83 Å². The molecule has 0 bridgehead atoms. The van der Waals surface area contributed by atoms with Gasteiger partial charge in [-0.2, -0.15) is 5.10 Å². The molecule has 34 heavy (non-hydrogen) atoms. The van der Waals surface area contributed by atoms with Gasteiger partial charge in [-0.15, -0.1) is 13.2 Å². The van der Waals surface area contributed by atoms with Gasteiger partial charge in [0.25, 0.3) is 5.91 Å². The number of hydrogen-bond acceptors (Lipinski definition) is 7. The van der Waals surface area contributed by atoms with Crippen LogP contribution in [0.2, 0.25) is 0 Å². The fraction of sp³-hybridized carbons (Fsp3) is 0.182. The van der Waals surface area contributed by atoms with Gasteiger partial charge < -0.3 is 18.9 Å². The largest absolute Gasteiger partial charge is 0.573 e. The van der Waals surface area contributed by atoms with E-state index in [1.807, 2.05) is 0 Å². The molecule has 0 saturated heterocycles. The van der Waals surface area contributed by atoms with Crippen molar-refractivity contribution in [3.05, 3.63) is 71.9 Å². The standard InChI is InChI=1S/C22H17F3N4O5/c1-12(30)18-7-6-17(33-18)11-29-10-15(9-26-29)28-21(31)19-20(32-13(2)27-19)14-4-3-5-16(8-14)34-22(23,24)25/h3-10H,11H2,1-2H3,(H,28,31). The maximum absolute atomic E-state index is 12.8. The molecule has 3 aromatic heterocycles. The molecule has 12 heteroatoms. The summed E-state index contributed by atoms with van der Waals surface area (Å²) in [6.45, 7) is 3.13. The number of carbonyl (C=O) groups is 2. The van der Waals surface area contributed by atoms with E-state index in [0.29, 0.717) is 11.4 Å². The molecular weight excluding hydrogens is 457 g/mol. The highest BCUT2D eigenvalue weighted by Crippen LogP contribution is 2.31. The molecule has 0 aliphatic heterocycles. The Hall–Kier alpha value is -4.35. The Morgan fingerprint density at radius 3 is 2.68 bits per heavy atom. The first-order valence-corrected chi connectivity index (χ1v) is 9.84. The summed E-state index contributed by atoms with van der Waals surface area (Å²) in [6.07, 6.45) is -1.92.